The third-order valence-corrected chi connectivity index (χ3v) is 3.98. The molecule has 0 spiro atoms. The van der Waals surface area contributed by atoms with Crippen molar-refractivity contribution in [2.24, 2.45) is 0 Å². The topological polar surface area (TPSA) is 23.8 Å². The van der Waals surface area contributed by atoms with Crippen molar-refractivity contribution in [2.45, 2.75) is 12.8 Å². The largest absolute Gasteiger partial charge is 0.241 e. The molecule has 0 unspecified atom stereocenters. The van der Waals surface area contributed by atoms with Crippen LogP contribution >= 0.6 is 10.9 Å². The zero-order valence-corrected chi connectivity index (χ0v) is 5.82. The summed E-state index contributed by atoms with van der Waals surface area (Å²) in [4.78, 5) is 0. The highest BCUT2D eigenvalue weighted by molar-refractivity contribution is 8.17. The van der Waals surface area contributed by atoms with Crippen LogP contribution in [0.3, 0.4) is 0 Å². The first kappa shape index (κ1) is 5.97. The zero-order chi connectivity index (χ0) is 5.82. The Balaban J connectivity index is 2.17. The summed E-state index contributed by atoms with van der Waals surface area (Å²) in [6, 6.07) is 2.24. The molecule has 1 nitrogen and oxygen atoms in total. The van der Waals surface area contributed by atoms with Gasteiger partial charge in [0.15, 0.2) is 0 Å². The maximum Gasteiger partial charge on any atom is 0.0713 e. The van der Waals surface area contributed by atoms with Crippen LogP contribution in [0.25, 0.3) is 0 Å². The highest BCUT2D eigenvalue weighted by Crippen LogP contribution is 2.33. The van der Waals surface area contributed by atoms with Gasteiger partial charge in [-0.15, -0.1) is 0 Å². The Kier molecular flexibility index (Phi) is 2.23. The van der Waals surface area contributed by atoms with Gasteiger partial charge in [-0.3, -0.25) is 0 Å². The summed E-state index contributed by atoms with van der Waals surface area (Å²) in [6.45, 7) is 0. The minimum atomic E-state index is 0.194. The average Bonchev–Trinajstić information content (AvgIpc) is 2.19. The second kappa shape index (κ2) is 2.99. The second-order valence-corrected chi connectivity index (χ2v) is 4.69. The number of rotatable bonds is 1. The standard InChI is InChI=1S/C6H11NS/c7-3-6-8-4-1-2-5-8/h8H,1-2,4-6H2. The van der Waals surface area contributed by atoms with Gasteiger partial charge in [0.1, 0.15) is 0 Å². The maximum absolute atomic E-state index is 8.29. The van der Waals surface area contributed by atoms with E-state index in [1.165, 1.54) is 24.3 Å². The predicted octanol–water partition coefficient (Wildman–Crippen LogP) is 1.30. The van der Waals surface area contributed by atoms with E-state index < -0.39 is 0 Å². The van der Waals surface area contributed by atoms with Gasteiger partial charge < -0.3 is 0 Å². The molecular weight excluding hydrogens is 118 g/mol. The van der Waals surface area contributed by atoms with E-state index in [-0.39, 0.29) is 10.9 Å². The average molecular weight is 129 g/mol. The van der Waals surface area contributed by atoms with Crippen LogP contribution in [-0.2, 0) is 0 Å². The number of hydrogen-bond donors (Lipinski definition) is 1. The van der Waals surface area contributed by atoms with E-state index in [9.17, 15) is 0 Å². The van der Waals surface area contributed by atoms with Gasteiger partial charge in [-0.05, 0) is 24.3 Å². The Morgan fingerprint density at radius 2 is 2.00 bits per heavy atom. The van der Waals surface area contributed by atoms with Gasteiger partial charge in [0.05, 0.1) is 11.8 Å². The minimum absolute atomic E-state index is 0.194. The Labute approximate surface area is 53.0 Å². The fraction of sp³-hybridized carbons (Fsp3) is 0.833. The van der Waals surface area contributed by atoms with Crippen molar-refractivity contribution in [1.82, 2.24) is 0 Å². The van der Waals surface area contributed by atoms with Crippen molar-refractivity contribution >= 4 is 10.9 Å². The lowest BCUT2D eigenvalue weighted by molar-refractivity contribution is 0.949. The summed E-state index contributed by atoms with van der Waals surface area (Å²) in [6.07, 6.45) is 2.76. The lowest BCUT2D eigenvalue weighted by atomic mass is 10.4. The van der Waals surface area contributed by atoms with E-state index in [4.69, 9.17) is 5.26 Å². The van der Waals surface area contributed by atoms with Crippen LogP contribution in [0.5, 0.6) is 0 Å². The first-order valence-corrected chi connectivity index (χ1v) is 4.92. The summed E-state index contributed by atoms with van der Waals surface area (Å²) in [5.74, 6) is 3.58. The quantitative estimate of drug-likeness (QED) is 0.530. The van der Waals surface area contributed by atoms with Crippen LogP contribution in [0, 0.1) is 11.3 Å². The molecule has 0 radical (unpaired) electrons. The van der Waals surface area contributed by atoms with Crippen LogP contribution in [0.2, 0.25) is 0 Å². The molecule has 1 fully saturated rings. The number of thiol groups is 1. The third-order valence-electron chi connectivity index (χ3n) is 1.49. The third kappa shape index (κ3) is 1.41. The van der Waals surface area contributed by atoms with Crippen molar-refractivity contribution in [3.05, 3.63) is 0 Å². The molecule has 0 aromatic heterocycles. The normalized spacial score (nSPS) is 23.1. The molecule has 1 rings (SSSR count). The van der Waals surface area contributed by atoms with Gasteiger partial charge in [-0.2, -0.15) is 5.26 Å². The molecule has 1 saturated heterocycles. The van der Waals surface area contributed by atoms with Gasteiger partial charge in [0.25, 0.3) is 0 Å². The number of nitrogens with zero attached hydrogens (tertiary/aromatic N) is 1. The number of hydrogen-bond acceptors (Lipinski definition) is 1. The Bertz CT molecular complexity index is 99.6. The van der Waals surface area contributed by atoms with Crippen LogP contribution in [0.1, 0.15) is 12.8 Å². The monoisotopic (exact) mass is 129 g/mol. The molecule has 0 amide bonds. The molecule has 0 N–H and O–H groups in total. The van der Waals surface area contributed by atoms with Crippen LogP contribution < -0.4 is 0 Å². The smallest absolute Gasteiger partial charge is 0.0713 e. The van der Waals surface area contributed by atoms with E-state index in [1.807, 2.05) is 0 Å². The van der Waals surface area contributed by atoms with Crippen LogP contribution in [0.15, 0.2) is 0 Å². The van der Waals surface area contributed by atoms with Crippen molar-refractivity contribution in [1.29, 1.82) is 5.26 Å². The summed E-state index contributed by atoms with van der Waals surface area (Å²) >= 11 is 0. The molecule has 46 valence electrons. The molecule has 0 saturated carbocycles. The van der Waals surface area contributed by atoms with E-state index in [2.05, 4.69) is 6.07 Å². The Hall–Kier alpha value is -0.160. The molecule has 0 atom stereocenters. The summed E-state index contributed by atoms with van der Waals surface area (Å²) in [5, 5.41) is 8.29. The zero-order valence-electron chi connectivity index (χ0n) is 4.93. The van der Waals surface area contributed by atoms with Crippen LogP contribution in [-0.4, -0.2) is 17.3 Å². The van der Waals surface area contributed by atoms with E-state index in [0.29, 0.717) is 0 Å². The molecule has 0 aliphatic carbocycles. The van der Waals surface area contributed by atoms with Crippen LogP contribution in [0.4, 0.5) is 0 Å². The molecule has 1 heterocycles. The summed E-state index contributed by atoms with van der Waals surface area (Å²) in [5.41, 5.74) is 0. The fourth-order valence-electron chi connectivity index (χ4n) is 1.04. The minimum Gasteiger partial charge on any atom is -0.241 e. The van der Waals surface area contributed by atoms with Gasteiger partial charge in [-0.25, -0.2) is 10.9 Å². The molecule has 0 aromatic carbocycles. The highest BCUT2D eigenvalue weighted by atomic mass is 32.2. The SMILES string of the molecule is N#CC[SH]1CCCC1. The van der Waals surface area contributed by atoms with Crippen molar-refractivity contribution in [3.8, 4) is 6.07 Å². The lowest BCUT2D eigenvalue weighted by Gasteiger charge is -2.05. The fourth-order valence-corrected chi connectivity index (χ4v) is 3.12. The highest BCUT2D eigenvalue weighted by Gasteiger charge is 2.08. The van der Waals surface area contributed by atoms with Gasteiger partial charge >= 0.3 is 0 Å². The summed E-state index contributed by atoms with van der Waals surface area (Å²) in [7, 11) is 0.194. The number of nitriles is 1. The van der Waals surface area contributed by atoms with Crippen molar-refractivity contribution in [3.63, 3.8) is 0 Å². The lowest BCUT2D eigenvalue weighted by Crippen LogP contribution is -1.84. The van der Waals surface area contributed by atoms with E-state index in [1.54, 1.807) is 0 Å². The first-order chi connectivity index (χ1) is 3.93. The second-order valence-electron chi connectivity index (χ2n) is 2.14. The maximum atomic E-state index is 8.29. The van der Waals surface area contributed by atoms with Gasteiger partial charge in [-0.1, -0.05) is 0 Å². The van der Waals surface area contributed by atoms with E-state index in [0.717, 1.165) is 5.75 Å². The molecule has 0 aromatic rings. The predicted molar refractivity (Wildman–Crippen MR) is 38.4 cm³/mol. The molecular formula is C6H11NS. The van der Waals surface area contributed by atoms with Gasteiger partial charge in [0, 0.05) is 0 Å². The Morgan fingerprint density at radius 1 is 1.38 bits per heavy atom. The summed E-state index contributed by atoms with van der Waals surface area (Å²) < 4.78 is 0. The first-order valence-electron chi connectivity index (χ1n) is 3.03. The molecule has 1 aliphatic rings. The Morgan fingerprint density at radius 3 is 2.50 bits per heavy atom. The van der Waals surface area contributed by atoms with E-state index >= 15 is 0 Å². The van der Waals surface area contributed by atoms with Crippen molar-refractivity contribution in [2.75, 3.05) is 17.3 Å². The van der Waals surface area contributed by atoms with Crippen molar-refractivity contribution < 1.29 is 0 Å². The molecule has 1 aliphatic heterocycles. The molecule has 8 heavy (non-hydrogen) atoms. The molecule has 2 heteroatoms. The van der Waals surface area contributed by atoms with Gasteiger partial charge in [0.2, 0.25) is 0 Å². The molecule has 0 bridgehead atoms.